The third-order valence-electron chi connectivity index (χ3n) is 3.64. The summed E-state index contributed by atoms with van der Waals surface area (Å²) >= 11 is 0. The number of anilines is 1. The number of benzene rings is 1. The van der Waals surface area contributed by atoms with E-state index >= 15 is 0 Å². The Hall–Kier alpha value is -1.71. The van der Waals surface area contributed by atoms with Gasteiger partial charge < -0.3 is 9.73 Å². The van der Waals surface area contributed by atoms with Gasteiger partial charge in [-0.3, -0.25) is 4.98 Å². The highest BCUT2D eigenvalue weighted by atomic mass is 16.4. The zero-order valence-corrected chi connectivity index (χ0v) is 10.4. The van der Waals surface area contributed by atoms with Crippen LogP contribution in [0.4, 0.5) is 5.69 Å². The van der Waals surface area contributed by atoms with Gasteiger partial charge in [0.1, 0.15) is 0 Å². The third-order valence-corrected chi connectivity index (χ3v) is 3.64. The molecule has 0 atom stereocenters. The van der Waals surface area contributed by atoms with Crippen molar-refractivity contribution < 1.29 is 4.42 Å². The van der Waals surface area contributed by atoms with Gasteiger partial charge in [-0.2, -0.15) is 0 Å². The summed E-state index contributed by atoms with van der Waals surface area (Å²) in [6, 6.07) is 6.32. The van der Waals surface area contributed by atoms with Crippen LogP contribution in [0.25, 0.3) is 11.1 Å². The Morgan fingerprint density at radius 3 is 2.72 bits per heavy atom. The van der Waals surface area contributed by atoms with Gasteiger partial charge in [-0.15, -0.1) is 0 Å². The molecule has 0 saturated heterocycles. The fraction of sp³-hybridized carbons (Fsp3) is 0.500. The maximum atomic E-state index is 11.1. The molecule has 4 heteroatoms. The van der Waals surface area contributed by atoms with Crippen molar-refractivity contribution in [3.05, 3.63) is 28.7 Å². The minimum atomic E-state index is -0.392. The van der Waals surface area contributed by atoms with E-state index < -0.39 is 5.76 Å². The van der Waals surface area contributed by atoms with Gasteiger partial charge in [0, 0.05) is 11.7 Å². The number of nitrogens with one attached hydrogen (secondary N) is 2. The van der Waals surface area contributed by atoms with E-state index in [2.05, 4.69) is 10.3 Å². The van der Waals surface area contributed by atoms with Crippen LogP contribution >= 0.6 is 0 Å². The van der Waals surface area contributed by atoms with Crippen LogP contribution in [-0.4, -0.2) is 11.0 Å². The summed E-state index contributed by atoms with van der Waals surface area (Å²) in [4.78, 5) is 13.8. The number of hydrogen-bond donors (Lipinski definition) is 2. The highest BCUT2D eigenvalue weighted by molar-refractivity contribution is 5.76. The topological polar surface area (TPSA) is 58.0 Å². The van der Waals surface area contributed by atoms with Gasteiger partial charge in [-0.1, -0.05) is 25.7 Å². The summed E-state index contributed by atoms with van der Waals surface area (Å²) in [6.45, 7) is 0. The van der Waals surface area contributed by atoms with Crippen molar-refractivity contribution in [1.82, 2.24) is 4.98 Å². The molecule has 0 amide bonds. The second kappa shape index (κ2) is 4.88. The first-order valence-corrected chi connectivity index (χ1v) is 6.71. The Kier molecular flexibility index (Phi) is 3.09. The molecule has 1 fully saturated rings. The molecule has 3 rings (SSSR count). The molecular weight excluding hydrogens is 228 g/mol. The average Bonchev–Trinajstić information content (AvgIpc) is 2.56. The van der Waals surface area contributed by atoms with E-state index in [1.165, 1.54) is 38.5 Å². The molecule has 0 aliphatic heterocycles. The molecule has 1 aliphatic rings. The average molecular weight is 246 g/mol. The fourth-order valence-electron chi connectivity index (χ4n) is 2.70. The van der Waals surface area contributed by atoms with E-state index in [9.17, 15) is 4.79 Å². The number of aromatic amines is 1. The predicted molar refractivity (Wildman–Crippen MR) is 71.9 cm³/mol. The van der Waals surface area contributed by atoms with E-state index in [0.29, 0.717) is 11.6 Å². The number of fused-ring (bicyclic) bond motifs is 1. The van der Waals surface area contributed by atoms with E-state index in [1.807, 2.05) is 18.2 Å². The number of oxazole rings is 1. The Morgan fingerprint density at radius 1 is 1.17 bits per heavy atom. The van der Waals surface area contributed by atoms with Crippen LogP contribution in [-0.2, 0) is 0 Å². The lowest BCUT2D eigenvalue weighted by Crippen LogP contribution is -2.18. The lowest BCUT2D eigenvalue weighted by molar-refractivity contribution is 0.555. The van der Waals surface area contributed by atoms with Crippen molar-refractivity contribution in [2.24, 2.45) is 0 Å². The lowest BCUT2D eigenvalue weighted by atomic mass is 10.1. The van der Waals surface area contributed by atoms with Crippen molar-refractivity contribution in [2.45, 2.75) is 44.6 Å². The van der Waals surface area contributed by atoms with Crippen molar-refractivity contribution in [3.8, 4) is 0 Å². The van der Waals surface area contributed by atoms with Gasteiger partial charge in [0.15, 0.2) is 5.58 Å². The molecule has 1 saturated carbocycles. The van der Waals surface area contributed by atoms with Crippen LogP contribution in [0.5, 0.6) is 0 Å². The molecule has 18 heavy (non-hydrogen) atoms. The highest BCUT2D eigenvalue weighted by Crippen LogP contribution is 2.22. The maximum Gasteiger partial charge on any atom is 0.417 e. The van der Waals surface area contributed by atoms with E-state index in [0.717, 1.165) is 11.2 Å². The lowest BCUT2D eigenvalue weighted by Gasteiger charge is -2.17. The van der Waals surface area contributed by atoms with Crippen LogP contribution in [0.1, 0.15) is 38.5 Å². The molecule has 1 aromatic heterocycles. The van der Waals surface area contributed by atoms with Crippen LogP contribution in [0.3, 0.4) is 0 Å². The van der Waals surface area contributed by atoms with Gasteiger partial charge in [0.25, 0.3) is 0 Å². The number of hydrogen-bond acceptors (Lipinski definition) is 3. The van der Waals surface area contributed by atoms with Crippen molar-refractivity contribution >= 4 is 16.8 Å². The summed E-state index contributed by atoms with van der Waals surface area (Å²) in [5.41, 5.74) is 2.44. The summed E-state index contributed by atoms with van der Waals surface area (Å²) < 4.78 is 4.99. The first-order valence-electron chi connectivity index (χ1n) is 6.71. The quantitative estimate of drug-likeness (QED) is 0.800. The second-order valence-corrected chi connectivity index (χ2v) is 5.06. The Bertz CT molecular complexity index is 577. The summed E-state index contributed by atoms with van der Waals surface area (Å²) in [5, 5.41) is 3.56. The van der Waals surface area contributed by atoms with E-state index in [-0.39, 0.29) is 0 Å². The van der Waals surface area contributed by atoms with Crippen LogP contribution in [0, 0.1) is 0 Å². The van der Waals surface area contributed by atoms with Gasteiger partial charge in [0.2, 0.25) is 0 Å². The second-order valence-electron chi connectivity index (χ2n) is 5.06. The first-order chi connectivity index (χ1) is 8.81. The number of rotatable bonds is 2. The summed E-state index contributed by atoms with van der Waals surface area (Å²) in [6.07, 6.45) is 7.79. The van der Waals surface area contributed by atoms with Crippen molar-refractivity contribution in [3.63, 3.8) is 0 Å². The number of H-pyrrole nitrogens is 1. The van der Waals surface area contributed by atoms with Crippen molar-refractivity contribution in [2.75, 3.05) is 5.32 Å². The monoisotopic (exact) mass is 246 g/mol. The van der Waals surface area contributed by atoms with Crippen LogP contribution in [0.2, 0.25) is 0 Å². The van der Waals surface area contributed by atoms with Gasteiger partial charge >= 0.3 is 5.76 Å². The number of aromatic nitrogens is 1. The van der Waals surface area contributed by atoms with Crippen LogP contribution in [0.15, 0.2) is 27.4 Å². The third kappa shape index (κ3) is 2.42. The standard InChI is InChI=1S/C14H18N2O2/c17-14-16-12-9-11(7-8-13(12)18-14)15-10-5-3-1-2-4-6-10/h7-10,15H,1-6H2,(H,16,17). The minimum Gasteiger partial charge on any atom is -0.408 e. The zero-order valence-electron chi connectivity index (χ0n) is 10.4. The van der Waals surface area contributed by atoms with Crippen molar-refractivity contribution in [1.29, 1.82) is 0 Å². The Balaban J connectivity index is 1.78. The highest BCUT2D eigenvalue weighted by Gasteiger charge is 2.12. The van der Waals surface area contributed by atoms with Gasteiger partial charge in [-0.05, 0) is 31.0 Å². The molecule has 1 aliphatic carbocycles. The molecule has 0 unspecified atom stereocenters. The predicted octanol–water partition coefficient (Wildman–Crippen LogP) is 3.26. The Morgan fingerprint density at radius 2 is 1.94 bits per heavy atom. The Labute approximate surface area is 105 Å². The minimum absolute atomic E-state index is 0.392. The normalized spacial score (nSPS) is 17.8. The first kappa shape index (κ1) is 11.4. The maximum absolute atomic E-state index is 11.1. The molecular formula is C14H18N2O2. The largest absolute Gasteiger partial charge is 0.417 e. The van der Waals surface area contributed by atoms with E-state index in [4.69, 9.17) is 4.42 Å². The summed E-state index contributed by atoms with van der Waals surface area (Å²) in [5.74, 6) is -0.392. The molecule has 1 aromatic carbocycles. The molecule has 0 radical (unpaired) electrons. The van der Waals surface area contributed by atoms with Crippen LogP contribution < -0.4 is 11.1 Å². The molecule has 4 nitrogen and oxygen atoms in total. The smallest absolute Gasteiger partial charge is 0.408 e. The van der Waals surface area contributed by atoms with Gasteiger partial charge in [-0.25, -0.2) is 4.79 Å². The van der Waals surface area contributed by atoms with Gasteiger partial charge in [0.05, 0.1) is 5.52 Å². The molecule has 2 N–H and O–H groups in total. The van der Waals surface area contributed by atoms with E-state index in [1.54, 1.807) is 0 Å². The molecule has 1 heterocycles. The molecule has 0 bridgehead atoms. The molecule has 96 valence electrons. The zero-order chi connectivity index (χ0) is 12.4. The fourth-order valence-corrected chi connectivity index (χ4v) is 2.70. The SMILES string of the molecule is O=c1[nH]c2cc(NC3CCCCCC3)ccc2o1. The molecule has 2 aromatic rings. The summed E-state index contributed by atoms with van der Waals surface area (Å²) in [7, 11) is 0. The molecule has 0 spiro atoms.